The number of nitrogens with one attached hydrogen (secondary N) is 3. The zero-order chi connectivity index (χ0) is 24.1. The third-order valence-electron chi connectivity index (χ3n) is 5.25. The Kier molecular flexibility index (Phi) is 7.84. The topological polar surface area (TPSA) is 115 Å². The molecule has 4 aromatic rings. The van der Waals surface area contributed by atoms with Gasteiger partial charge in [-0.1, -0.05) is 11.6 Å². The quantitative estimate of drug-likeness (QED) is 0.239. The highest BCUT2D eigenvalue weighted by atomic mass is 35.5. The molecular formula is C23H27ClN8OS. The third kappa shape index (κ3) is 5.76. The predicted molar refractivity (Wildman–Crippen MR) is 138 cm³/mol. The van der Waals surface area contributed by atoms with Gasteiger partial charge in [0.25, 0.3) is 0 Å². The van der Waals surface area contributed by atoms with Gasteiger partial charge in [-0.15, -0.1) is 0 Å². The van der Waals surface area contributed by atoms with E-state index in [1.165, 1.54) is 11.9 Å². The highest BCUT2D eigenvalue weighted by Gasteiger charge is 2.15. The standard InChI is InChI=1S/C23H27ClN8OS/c1-14-6-7-25-19(12-14)34-31-18-5-4-16(13-17(18)24)21-27-22(26-8-9-32(3)10-11-33)20-15(2)29-30-23(20)28-21/h4-7,12-13,31,33H,8-11H2,1-3H3,(H2,26,27,28,29,30). The maximum Gasteiger partial charge on any atom is 0.186 e. The van der Waals surface area contributed by atoms with Crippen molar-refractivity contribution in [2.24, 2.45) is 0 Å². The van der Waals surface area contributed by atoms with Gasteiger partial charge in [-0.2, -0.15) is 5.10 Å². The number of likely N-dealkylation sites (N-methyl/N-ethyl adjacent to an activating group) is 1. The van der Waals surface area contributed by atoms with Crippen LogP contribution in [0.1, 0.15) is 11.3 Å². The number of aliphatic hydroxyl groups excluding tert-OH is 1. The number of rotatable bonds is 10. The van der Waals surface area contributed by atoms with Gasteiger partial charge in [0.1, 0.15) is 10.8 Å². The molecule has 0 atom stereocenters. The molecule has 11 heteroatoms. The Morgan fingerprint density at radius 2 is 2.00 bits per heavy atom. The Morgan fingerprint density at radius 1 is 1.15 bits per heavy atom. The van der Waals surface area contributed by atoms with Crippen molar-refractivity contribution < 1.29 is 5.11 Å². The number of anilines is 2. The number of aromatic amines is 1. The first-order valence-corrected chi connectivity index (χ1v) is 12.1. The van der Waals surface area contributed by atoms with E-state index in [0.717, 1.165) is 39.5 Å². The fourth-order valence-electron chi connectivity index (χ4n) is 3.38. The van der Waals surface area contributed by atoms with Crippen molar-refractivity contribution >= 4 is 46.1 Å². The normalized spacial score (nSPS) is 11.4. The summed E-state index contributed by atoms with van der Waals surface area (Å²) < 4.78 is 3.26. The third-order valence-corrected chi connectivity index (χ3v) is 6.31. The van der Waals surface area contributed by atoms with Crippen LogP contribution < -0.4 is 10.0 Å². The summed E-state index contributed by atoms with van der Waals surface area (Å²) in [6.45, 7) is 6.15. The summed E-state index contributed by atoms with van der Waals surface area (Å²) in [6.07, 6.45) is 1.78. The summed E-state index contributed by atoms with van der Waals surface area (Å²) in [7, 11) is 1.97. The summed E-state index contributed by atoms with van der Waals surface area (Å²) in [5.74, 6) is 1.25. The minimum Gasteiger partial charge on any atom is -0.395 e. The van der Waals surface area contributed by atoms with E-state index in [1.807, 2.05) is 56.1 Å². The maximum absolute atomic E-state index is 9.10. The minimum absolute atomic E-state index is 0.130. The number of fused-ring (bicyclic) bond motifs is 1. The molecule has 1 aromatic carbocycles. The van der Waals surface area contributed by atoms with E-state index in [2.05, 4.69) is 30.2 Å². The molecule has 4 N–H and O–H groups in total. The monoisotopic (exact) mass is 498 g/mol. The average Bonchev–Trinajstić information content (AvgIpc) is 3.19. The maximum atomic E-state index is 9.10. The number of pyridine rings is 1. The van der Waals surface area contributed by atoms with E-state index in [9.17, 15) is 0 Å². The van der Waals surface area contributed by atoms with Gasteiger partial charge in [0.05, 0.1) is 22.7 Å². The van der Waals surface area contributed by atoms with Crippen molar-refractivity contribution in [1.82, 2.24) is 30.0 Å². The summed E-state index contributed by atoms with van der Waals surface area (Å²) in [5.41, 5.74) is 4.20. The Labute approximate surface area is 207 Å². The summed E-state index contributed by atoms with van der Waals surface area (Å²) in [4.78, 5) is 15.8. The molecule has 4 rings (SSSR count). The number of halogens is 1. The molecule has 0 spiro atoms. The Bertz CT molecular complexity index is 1280. The summed E-state index contributed by atoms with van der Waals surface area (Å²) >= 11 is 7.98. The number of H-pyrrole nitrogens is 1. The largest absolute Gasteiger partial charge is 0.395 e. The minimum atomic E-state index is 0.130. The molecule has 3 aromatic heterocycles. The Balaban J connectivity index is 1.54. The van der Waals surface area contributed by atoms with Gasteiger partial charge < -0.3 is 20.0 Å². The number of hydrogen-bond donors (Lipinski definition) is 4. The molecule has 0 amide bonds. The lowest BCUT2D eigenvalue weighted by Crippen LogP contribution is -2.28. The Morgan fingerprint density at radius 3 is 2.76 bits per heavy atom. The smallest absolute Gasteiger partial charge is 0.186 e. The van der Waals surface area contributed by atoms with Crippen LogP contribution in [0.3, 0.4) is 0 Å². The fraction of sp³-hybridized carbons (Fsp3) is 0.304. The van der Waals surface area contributed by atoms with Crippen LogP contribution in [0.25, 0.3) is 22.4 Å². The van der Waals surface area contributed by atoms with Gasteiger partial charge in [-0.05, 0) is 56.8 Å². The molecule has 0 aliphatic rings. The van der Waals surface area contributed by atoms with E-state index < -0.39 is 0 Å². The van der Waals surface area contributed by atoms with Gasteiger partial charge in [-0.3, -0.25) is 5.10 Å². The SMILES string of the molecule is Cc1ccnc(SNc2ccc(-c3nc(NCCN(C)CCO)c4c(C)[nH]nc4n3)cc2Cl)c1. The molecule has 178 valence electrons. The molecule has 0 bridgehead atoms. The molecule has 9 nitrogen and oxygen atoms in total. The van der Waals surface area contributed by atoms with E-state index in [-0.39, 0.29) is 6.61 Å². The van der Waals surface area contributed by atoms with Crippen LogP contribution in [-0.4, -0.2) is 68.4 Å². The molecule has 0 radical (unpaired) electrons. The first-order chi connectivity index (χ1) is 16.4. The van der Waals surface area contributed by atoms with Gasteiger partial charge in [-0.25, -0.2) is 15.0 Å². The van der Waals surface area contributed by atoms with Crippen molar-refractivity contribution in [2.45, 2.75) is 18.9 Å². The number of aliphatic hydroxyl groups is 1. The van der Waals surface area contributed by atoms with Crippen LogP contribution in [0.5, 0.6) is 0 Å². The van der Waals surface area contributed by atoms with E-state index in [1.54, 1.807) is 6.20 Å². The molecular weight excluding hydrogens is 472 g/mol. The lowest BCUT2D eigenvalue weighted by molar-refractivity contribution is 0.225. The lowest BCUT2D eigenvalue weighted by Gasteiger charge is -2.16. The zero-order valence-corrected chi connectivity index (χ0v) is 20.8. The number of nitrogens with zero attached hydrogens (tertiary/aromatic N) is 5. The molecule has 0 saturated heterocycles. The molecule has 3 heterocycles. The second kappa shape index (κ2) is 11.0. The molecule has 34 heavy (non-hydrogen) atoms. The molecule has 0 unspecified atom stereocenters. The predicted octanol–water partition coefficient (Wildman–Crippen LogP) is 4.14. The summed E-state index contributed by atoms with van der Waals surface area (Å²) in [5, 5.41) is 22.1. The van der Waals surface area contributed by atoms with Crippen molar-refractivity contribution in [2.75, 3.05) is 43.3 Å². The molecule has 0 aliphatic heterocycles. The average molecular weight is 499 g/mol. The van der Waals surface area contributed by atoms with Crippen LogP contribution in [0.15, 0.2) is 41.6 Å². The van der Waals surface area contributed by atoms with E-state index >= 15 is 0 Å². The Hall–Kier alpha value is -2.92. The van der Waals surface area contributed by atoms with Crippen LogP contribution in [-0.2, 0) is 0 Å². The van der Waals surface area contributed by atoms with Gasteiger partial charge in [0, 0.05) is 49.0 Å². The number of aromatic nitrogens is 5. The highest BCUT2D eigenvalue weighted by molar-refractivity contribution is 8.00. The van der Waals surface area contributed by atoms with Crippen LogP contribution in [0.4, 0.5) is 11.5 Å². The van der Waals surface area contributed by atoms with Crippen molar-refractivity contribution in [3.63, 3.8) is 0 Å². The second-order valence-electron chi connectivity index (χ2n) is 7.97. The van der Waals surface area contributed by atoms with Crippen LogP contribution in [0.2, 0.25) is 5.02 Å². The van der Waals surface area contributed by atoms with Gasteiger partial charge >= 0.3 is 0 Å². The van der Waals surface area contributed by atoms with Crippen molar-refractivity contribution in [3.8, 4) is 11.4 Å². The zero-order valence-electron chi connectivity index (χ0n) is 19.3. The molecule has 0 fully saturated rings. The first kappa shape index (κ1) is 24.2. The number of aryl methyl sites for hydroxylation is 2. The van der Waals surface area contributed by atoms with Crippen molar-refractivity contribution in [3.05, 3.63) is 52.8 Å². The number of hydrogen-bond acceptors (Lipinski definition) is 9. The summed E-state index contributed by atoms with van der Waals surface area (Å²) in [6, 6.07) is 9.64. The van der Waals surface area contributed by atoms with E-state index in [4.69, 9.17) is 21.7 Å². The first-order valence-electron chi connectivity index (χ1n) is 10.9. The van der Waals surface area contributed by atoms with Gasteiger partial charge in [0.15, 0.2) is 11.5 Å². The second-order valence-corrected chi connectivity index (χ2v) is 9.20. The highest BCUT2D eigenvalue weighted by Crippen LogP contribution is 2.32. The molecule has 0 saturated carbocycles. The fourth-order valence-corrected chi connectivity index (χ4v) is 4.42. The van der Waals surface area contributed by atoms with Crippen molar-refractivity contribution in [1.29, 1.82) is 0 Å². The van der Waals surface area contributed by atoms with Crippen LogP contribution in [0, 0.1) is 13.8 Å². The van der Waals surface area contributed by atoms with Gasteiger partial charge in [0.2, 0.25) is 0 Å². The van der Waals surface area contributed by atoms with Crippen LogP contribution >= 0.6 is 23.5 Å². The molecule has 0 aliphatic carbocycles. The lowest BCUT2D eigenvalue weighted by atomic mass is 10.2. The van der Waals surface area contributed by atoms with E-state index in [0.29, 0.717) is 35.4 Å². The number of benzene rings is 1.